The number of nitrogens with zero attached hydrogens (tertiary/aromatic N) is 3. The first-order valence-corrected chi connectivity index (χ1v) is 6.42. The Kier molecular flexibility index (Phi) is 3.29. The molecule has 0 unspecified atom stereocenters. The number of amides is 1. The van der Waals surface area contributed by atoms with Crippen LogP contribution in [0, 0.1) is 5.92 Å². The van der Waals surface area contributed by atoms with Crippen LogP contribution in [0.15, 0.2) is 12.3 Å². The van der Waals surface area contributed by atoms with E-state index in [0.29, 0.717) is 32.8 Å². The number of carbonyl (C=O) groups is 1. The summed E-state index contributed by atoms with van der Waals surface area (Å²) in [6.07, 6.45) is 1.79. The van der Waals surface area contributed by atoms with E-state index in [1.54, 1.807) is 6.20 Å². The van der Waals surface area contributed by atoms with Crippen molar-refractivity contribution in [3.05, 3.63) is 18.0 Å². The smallest absolute Gasteiger partial charge is 0.229 e. The molecule has 6 nitrogen and oxygen atoms in total. The standard InChI is InChI=1S/C12H18N4O2/c17-12(15-3-5-18-6-4-15)10-7-13-8-11-1-2-14-16(11)9-10/h1-2,10,13H,3-9H2/t10-/m0/s1. The Hall–Kier alpha value is -1.40. The lowest BCUT2D eigenvalue weighted by atomic mass is 10.1. The molecule has 1 atom stereocenters. The monoisotopic (exact) mass is 250 g/mol. The number of aromatic nitrogens is 2. The number of nitrogens with one attached hydrogen (secondary N) is 1. The number of ether oxygens (including phenoxy) is 1. The molecule has 18 heavy (non-hydrogen) atoms. The fourth-order valence-corrected chi connectivity index (χ4v) is 2.53. The van der Waals surface area contributed by atoms with Crippen molar-refractivity contribution >= 4 is 5.91 Å². The van der Waals surface area contributed by atoms with Crippen LogP contribution in [0.3, 0.4) is 0 Å². The summed E-state index contributed by atoms with van der Waals surface area (Å²) in [5.41, 5.74) is 1.15. The van der Waals surface area contributed by atoms with Gasteiger partial charge in [-0.15, -0.1) is 0 Å². The summed E-state index contributed by atoms with van der Waals surface area (Å²) in [6.45, 7) is 4.90. The van der Waals surface area contributed by atoms with Crippen LogP contribution in [0.25, 0.3) is 0 Å². The molecule has 3 heterocycles. The lowest BCUT2D eigenvalue weighted by Gasteiger charge is -2.30. The van der Waals surface area contributed by atoms with Crippen LogP contribution < -0.4 is 5.32 Å². The van der Waals surface area contributed by atoms with Crippen LogP contribution in [0.1, 0.15) is 5.69 Å². The third-order valence-electron chi connectivity index (χ3n) is 3.57. The predicted octanol–water partition coefficient (Wildman–Crippen LogP) is -0.539. The van der Waals surface area contributed by atoms with Crippen molar-refractivity contribution < 1.29 is 9.53 Å². The number of rotatable bonds is 1. The van der Waals surface area contributed by atoms with Gasteiger partial charge in [-0.2, -0.15) is 5.10 Å². The summed E-state index contributed by atoms with van der Waals surface area (Å²) >= 11 is 0. The van der Waals surface area contributed by atoms with Crippen LogP contribution in [0.5, 0.6) is 0 Å². The van der Waals surface area contributed by atoms with E-state index in [0.717, 1.165) is 18.8 Å². The Morgan fingerprint density at radius 3 is 3.11 bits per heavy atom. The molecule has 3 rings (SSSR count). The maximum Gasteiger partial charge on any atom is 0.229 e. The highest BCUT2D eigenvalue weighted by Crippen LogP contribution is 2.13. The van der Waals surface area contributed by atoms with E-state index in [9.17, 15) is 4.79 Å². The molecule has 1 amide bonds. The fraction of sp³-hybridized carbons (Fsp3) is 0.667. The van der Waals surface area contributed by atoms with Gasteiger partial charge >= 0.3 is 0 Å². The molecule has 2 aliphatic rings. The second-order valence-corrected chi connectivity index (χ2v) is 4.77. The van der Waals surface area contributed by atoms with Gasteiger partial charge in [0.05, 0.1) is 31.4 Å². The zero-order valence-corrected chi connectivity index (χ0v) is 10.3. The molecule has 0 aromatic carbocycles. The largest absolute Gasteiger partial charge is 0.378 e. The summed E-state index contributed by atoms with van der Waals surface area (Å²) < 4.78 is 7.21. The minimum Gasteiger partial charge on any atom is -0.378 e. The highest BCUT2D eigenvalue weighted by Gasteiger charge is 2.28. The van der Waals surface area contributed by atoms with E-state index >= 15 is 0 Å². The van der Waals surface area contributed by atoms with Crippen molar-refractivity contribution in [2.45, 2.75) is 13.1 Å². The SMILES string of the molecule is O=C([C@H]1CNCc2ccnn2C1)N1CCOCC1. The Morgan fingerprint density at radius 2 is 2.28 bits per heavy atom. The third kappa shape index (κ3) is 2.26. The molecule has 0 bridgehead atoms. The molecule has 98 valence electrons. The maximum atomic E-state index is 12.4. The summed E-state index contributed by atoms with van der Waals surface area (Å²) in [7, 11) is 0. The number of fused-ring (bicyclic) bond motifs is 1. The van der Waals surface area contributed by atoms with E-state index in [-0.39, 0.29) is 11.8 Å². The first kappa shape index (κ1) is 11.7. The Labute approximate surface area is 106 Å². The first-order chi connectivity index (χ1) is 8.84. The van der Waals surface area contributed by atoms with Crippen molar-refractivity contribution in [2.75, 3.05) is 32.8 Å². The van der Waals surface area contributed by atoms with E-state index < -0.39 is 0 Å². The van der Waals surface area contributed by atoms with E-state index in [1.807, 2.05) is 15.6 Å². The topological polar surface area (TPSA) is 59.4 Å². The minimum absolute atomic E-state index is 0.0238. The molecule has 1 saturated heterocycles. The van der Waals surface area contributed by atoms with Gasteiger partial charge in [0.2, 0.25) is 5.91 Å². The minimum atomic E-state index is -0.0238. The van der Waals surface area contributed by atoms with Crippen molar-refractivity contribution in [1.29, 1.82) is 0 Å². The zero-order chi connectivity index (χ0) is 12.4. The van der Waals surface area contributed by atoms with Crippen molar-refractivity contribution in [3.8, 4) is 0 Å². The van der Waals surface area contributed by atoms with Crippen LogP contribution in [0.4, 0.5) is 0 Å². The van der Waals surface area contributed by atoms with Crippen molar-refractivity contribution in [3.63, 3.8) is 0 Å². The van der Waals surface area contributed by atoms with Gasteiger partial charge in [0, 0.05) is 32.4 Å². The molecule has 2 aliphatic heterocycles. The lowest BCUT2D eigenvalue weighted by Crippen LogP contribution is -2.46. The molecule has 1 fully saturated rings. The van der Waals surface area contributed by atoms with Gasteiger partial charge in [-0.1, -0.05) is 0 Å². The number of carbonyl (C=O) groups excluding carboxylic acids is 1. The van der Waals surface area contributed by atoms with Gasteiger partial charge in [0.15, 0.2) is 0 Å². The maximum absolute atomic E-state index is 12.4. The second-order valence-electron chi connectivity index (χ2n) is 4.77. The van der Waals surface area contributed by atoms with Gasteiger partial charge in [0.25, 0.3) is 0 Å². The summed E-state index contributed by atoms with van der Waals surface area (Å²) in [5, 5.41) is 7.60. The Morgan fingerprint density at radius 1 is 1.44 bits per heavy atom. The van der Waals surface area contributed by atoms with E-state index in [1.165, 1.54) is 0 Å². The molecule has 0 radical (unpaired) electrons. The number of hydrogen-bond acceptors (Lipinski definition) is 4. The third-order valence-corrected chi connectivity index (χ3v) is 3.57. The van der Waals surface area contributed by atoms with Gasteiger partial charge in [-0.05, 0) is 6.07 Å². The second kappa shape index (κ2) is 5.07. The highest BCUT2D eigenvalue weighted by atomic mass is 16.5. The highest BCUT2D eigenvalue weighted by molar-refractivity contribution is 5.79. The quantitative estimate of drug-likeness (QED) is 0.727. The molecule has 1 aromatic rings. The molecule has 0 saturated carbocycles. The number of hydrogen-bond donors (Lipinski definition) is 1. The lowest BCUT2D eigenvalue weighted by molar-refractivity contribution is -0.140. The van der Waals surface area contributed by atoms with E-state index in [2.05, 4.69) is 10.4 Å². The average molecular weight is 250 g/mol. The molecular weight excluding hydrogens is 232 g/mol. The van der Waals surface area contributed by atoms with Crippen molar-refractivity contribution in [1.82, 2.24) is 20.0 Å². The van der Waals surface area contributed by atoms with Crippen LogP contribution in [-0.4, -0.2) is 53.4 Å². The molecule has 6 heteroatoms. The molecular formula is C12H18N4O2. The van der Waals surface area contributed by atoms with Crippen LogP contribution in [0.2, 0.25) is 0 Å². The first-order valence-electron chi connectivity index (χ1n) is 6.42. The van der Waals surface area contributed by atoms with Crippen LogP contribution >= 0.6 is 0 Å². The molecule has 0 aliphatic carbocycles. The van der Waals surface area contributed by atoms with Gasteiger partial charge in [0.1, 0.15) is 0 Å². The van der Waals surface area contributed by atoms with Gasteiger partial charge in [-0.3, -0.25) is 9.48 Å². The summed E-state index contributed by atoms with van der Waals surface area (Å²) in [4.78, 5) is 14.3. The summed E-state index contributed by atoms with van der Waals surface area (Å²) in [5.74, 6) is 0.193. The fourth-order valence-electron chi connectivity index (χ4n) is 2.53. The zero-order valence-electron chi connectivity index (χ0n) is 10.3. The van der Waals surface area contributed by atoms with Gasteiger partial charge < -0.3 is 15.0 Å². The molecule has 1 N–H and O–H groups in total. The van der Waals surface area contributed by atoms with Gasteiger partial charge in [-0.25, -0.2) is 0 Å². The predicted molar refractivity (Wildman–Crippen MR) is 64.8 cm³/mol. The van der Waals surface area contributed by atoms with E-state index in [4.69, 9.17) is 4.74 Å². The normalized spacial score (nSPS) is 24.4. The number of morpholine rings is 1. The molecule has 1 aromatic heterocycles. The average Bonchev–Trinajstić information content (AvgIpc) is 2.76. The summed E-state index contributed by atoms with van der Waals surface area (Å²) in [6, 6.07) is 1.99. The Bertz CT molecular complexity index is 425. The molecule has 0 spiro atoms. The van der Waals surface area contributed by atoms with Crippen LogP contribution in [-0.2, 0) is 22.6 Å². The Balaban J connectivity index is 1.70. The van der Waals surface area contributed by atoms with Crippen molar-refractivity contribution in [2.24, 2.45) is 5.92 Å².